The molecule has 0 aliphatic carbocycles. The lowest BCUT2D eigenvalue weighted by Crippen LogP contribution is -2.48. The number of sulfonamides is 1. The second-order valence-electron chi connectivity index (χ2n) is 6.08. The van der Waals surface area contributed by atoms with E-state index in [1.165, 1.54) is 7.11 Å². The first kappa shape index (κ1) is 19.1. The van der Waals surface area contributed by atoms with E-state index >= 15 is 0 Å². The third-order valence-corrected chi connectivity index (χ3v) is 5.85. The molecule has 1 amide bonds. The highest BCUT2D eigenvalue weighted by molar-refractivity contribution is 7.89. The summed E-state index contributed by atoms with van der Waals surface area (Å²) in [6.07, 6.45) is 3.25. The highest BCUT2D eigenvalue weighted by atomic mass is 32.2. The summed E-state index contributed by atoms with van der Waals surface area (Å²) in [6.45, 7) is 0.410. The topological polar surface area (TPSA) is 72.9 Å². The quantitative estimate of drug-likeness (QED) is 0.713. The molecule has 1 aliphatic heterocycles. The Balaban J connectivity index is 1.80. The molecular formula is C20H21NO5S. The monoisotopic (exact) mass is 387 g/mol. The lowest BCUT2D eigenvalue weighted by atomic mass is 10.1. The van der Waals surface area contributed by atoms with Gasteiger partial charge in [-0.3, -0.25) is 4.79 Å². The van der Waals surface area contributed by atoms with Crippen LogP contribution in [-0.2, 0) is 21.4 Å². The Bertz CT molecular complexity index is 924. The molecule has 2 aromatic carbocycles. The number of ether oxygens (including phenoxy) is 2. The number of nitrogens with zero attached hydrogens (tertiary/aromatic N) is 1. The number of carbonyl (C=O) groups excluding carboxylic acids is 1. The number of methoxy groups -OCH3 is 1. The SMILES string of the molecule is COc1ccccc1C(=O)N1[C@H](COCc2ccccc2)C=CCS1(=O)=O. The Morgan fingerprint density at radius 3 is 2.56 bits per heavy atom. The predicted octanol–water partition coefficient (Wildman–Crippen LogP) is 2.62. The molecule has 1 heterocycles. The van der Waals surface area contributed by atoms with Gasteiger partial charge in [-0.05, 0) is 17.7 Å². The Kier molecular flexibility index (Phi) is 5.93. The van der Waals surface area contributed by atoms with Gasteiger partial charge in [-0.15, -0.1) is 0 Å². The van der Waals surface area contributed by atoms with Crippen LogP contribution in [0.3, 0.4) is 0 Å². The lowest BCUT2D eigenvalue weighted by molar-refractivity contribution is 0.0666. The van der Waals surface area contributed by atoms with E-state index in [2.05, 4.69) is 0 Å². The summed E-state index contributed by atoms with van der Waals surface area (Å²) in [7, 11) is -2.34. The van der Waals surface area contributed by atoms with E-state index in [0.29, 0.717) is 12.4 Å². The van der Waals surface area contributed by atoms with Gasteiger partial charge in [0.25, 0.3) is 5.91 Å². The van der Waals surface area contributed by atoms with E-state index in [9.17, 15) is 13.2 Å². The van der Waals surface area contributed by atoms with Crippen molar-refractivity contribution in [2.24, 2.45) is 0 Å². The maximum absolute atomic E-state index is 13.0. The zero-order chi connectivity index (χ0) is 19.3. The Labute approximate surface area is 159 Å². The van der Waals surface area contributed by atoms with E-state index in [0.717, 1.165) is 9.87 Å². The molecule has 1 aliphatic rings. The summed E-state index contributed by atoms with van der Waals surface area (Å²) in [5.41, 5.74) is 1.18. The van der Waals surface area contributed by atoms with Gasteiger partial charge in [0.15, 0.2) is 0 Å². The summed E-state index contributed by atoms with van der Waals surface area (Å²) in [4.78, 5) is 13.0. The summed E-state index contributed by atoms with van der Waals surface area (Å²) in [6, 6.07) is 15.4. The summed E-state index contributed by atoms with van der Waals surface area (Å²) in [5, 5.41) is 0. The lowest BCUT2D eigenvalue weighted by Gasteiger charge is -2.31. The molecule has 0 saturated heterocycles. The molecular weight excluding hydrogens is 366 g/mol. The van der Waals surface area contributed by atoms with Crippen LogP contribution in [0.5, 0.6) is 5.75 Å². The van der Waals surface area contributed by atoms with E-state index in [1.54, 1.807) is 36.4 Å². The van der Waals surface area contributed by atoms with E-state index in [1.807, 2.05) is 30.3 Å². The van der Waals surface area contributed by atoms with Crippen LogP contribution in [0, 0.1) is 0 Å². The first-order chi connectivity index (χ1) is 13.0. The van der Waals surface area contributed by atoms with Crippen LogP contribution in [0.4, 0.5) is 0 Å². The summed E-state index contributed by atoms with van der Waals surface area (Å²) < 4.78 is 37.0. The molecule has 1 atom stereocenters. The largest absolute Gasteiger partial charge is 0.496 e. The molecule has 0 bridgehead atoms. The zero-order valence-electron chi connectivity index (χ0n) is 14.9. The smallest absolute Gasteiger partial charge is 0.271 e. The van der Waals surface area contributed by atoms with Crippen LogP contribution in [0.1, 0.15) is 15.9 Å². The molecule has 2 aromatic rings. The van der Waals surface area contributed by atoms with E-state index in [4.69, 9.17) is 9.47 Å². The van der Waals surface area contributed by atoms with Gasteiger partial charge >= 0.3 is 0 Å². The van der Waals surface area contributed by atoms with Crippen molar-refractivity contribution < 1.29 is 22.7 Å². The molecule has 142 valence electrons. The number of rotatable bonds is 6. The fraction of sp³-hybridized carbons (Fsp3) is 0.250. The van der Waals surface area contributed by atoms with Crippen LogP contribution in [0.15, 0.2) is 66.7 Å². The molecule has 0 aromatic heterocycles. The van der Waals surface area contributed by atoms with E-state index < -0.39 is 22.0 Å². The highest BCUT2D eigenvalue weighted by Crippen LogP contribution is 2.25. The van der Waals surface area contributed by atoms with Gasteiger partial charge < -0.3 is 9.47 Å². The van der Waals surface area contributed by atoms with Crippen molar-refractivity contribution in [1.82, 2.24) is 4.31 Å². The number of amides is 1. The third-order valence-electron chi connectivity index (χ3n) is 4.20. The van der Waals surface area contributed by atoms with Crippen molar-refractivity contribution in [1.29, 1.82) is 0 Å². The summed E-state index contributed by atoms with van der Waals surface area (Å²) in [5.74, 6) is -0.510. The predicted molar refractivity (Wildman–Crippen MR) is 102 cm³/mol. The van der Waals surface area contributed by atoms with Crippen molar-refractivity contribution in [3.63, 3.8) is 0 Å². The molecule has 0 unspecified atom stereocenters. The van der Waals surface area contributed by atoms with Crippen molar-refractivity contribution in [3.05, 3.63) is 77.9 Å². The van der Waals surface area contributed by atoms with Crippen molar-refractivity contribution in [3.8, 4) is 5.75 Å². The van der Waals surface area contributed by atoms with Gasteiger partial charge in [0.2, 0.25) is 10.0 Å². The fourth-order valence-electron chi connectivity index (χ4n) is 2.91. The highest BCUT2D eigenvalue weighted by Gasteiger charge is 2.36. The minimum Gasteiger partial charge on any atom is -0.496 e. The van der Waals surface area contributed by atoms with Crippen LogP contribution in [0.25, 0.3) is 0 Å². The third kappa shape index (κ3) is 4.37. The average molecular weight is 387 g/mol. The number of benzene rings is 2. The van der Waals surface area contributed by atoms with Gasteiger partial charge in [0.05, 0.1) is 37.7 Å². The molecule has 6 nitrogen and oxygen atoms in total. The Hall–Kier alpha value is -2.64. The van der Waals surface area contributed by atoms with Gasteiger partial charge in [-0.2, -0.15) is 0 Å². The number of para-hydroxylation sites is 1. The molecule has 7 heteroatoms. The second kappa shape index (κ2) is 8.37. The number of hydrogen-bond acceptors (Lipinski definition) is 5. The van der Waals surface area contributed by atoms with Crippen molar-refractivity contribution in [2.45, 2.75) is 12.6 Å². The number of hydrogen-bond donors (Lipinski definition) is 0. The molecule has 0 saturated carbocycles. The Morgan fingerprint density at radius 1 is 1.11 bits per heavy atom. The molecule has 0 spiro atoms. The van der Waals surface area contributed by atoms with Crippen molar-refractivity contribution >= 4 is 15.9 Å². The first-order valence-electron chi connectivity index (χ1n) is 8.50. The molecule has 3 rings (SSSR count). The summed E-state index contributed by atoms with van der Waals surface area (Å²) >= 11 is 0. The van der Waals surface area contributed by atoms with E-state index in [-0.39, 0.29) is 17.9 Å². The fourth-order valence-corrected chi connectivity index (χ4v) is 4.32. The van der Waals surface area contributed by atoms with Crippen molar-refractivity contribution in [2.75, 3.05) is 19.5 Å². The maximum Gasteiger partial charge on any atom is 0.271 e. The second-order valence-corrected chi connectivity index (χ2v) is 7.97. The molecule has 0 radical (unpaired) electrons. The average Bonchev–Trinajstić information content (AvgIpc) is 2.68. The van der Waals surface area contributed by atoms with Gasteiger partial charge in [0, 0.05) is 0 Å². The number of carbonyl (C=O) groups is 1. The van der Waals surface area contributed by atoms with Crippen LogP contribution in [-0.4, -0.2) is 44.1 Å². The normalized spacial score (nSPS) is 18.3. The standard InChI is InChI=1S/C20H21NO5S/c1-25-19-12-6-5-11-18(19)20(22)21-17(10-7-13-27(21,23)24)15-26-14-16-8-3-2-4-9-16/h2-12,17H,13-15H2,1H3/t17-/m0/s1. The van der Waals surface area contributed by atoms with Crippen LogP contribution >= 0.6 is 0 Å². The minimum absolute atomic E-state index is 0.0749. The van der Waals surface area contributed by atoms with Gasteiger partial charge in [0.1, 0.15) is 5.75 Å². The molecule has 0 N–H and O–H groups in total. The first-order valence-corrected chi connectivity index (χ1v) is 10.1. The maximum atomic E-state index is 13.0. The molecule has 0 fully saturated rings. The minimum atomic E-state index is -3.78. The molecule has 27 heavy (non-hydrogen) atoms. The van der Waals surface area contributed by atoms with Gasteiger partial charge in [-0.1, -0.05) is 54.6 Å². The van der Waals surface area contributed by atoms with Crippen LogP contribution in [0.2, 0.25) is 0 Å². The zero-order valence-corrected chi connectivity index (χ0v) is 15.8. The van der Waals surface area contributed by atoms with Gasteiger partial charge in [-0.25, -0.2) is 12.7 Å². The van der Waals surface area contributed by atoms with Crippen LogP contribution < -0.4 is 4.74 Å². The Morgan fingerprint density at radius 2 is 1.81 bits per heavy atom.